The van der Waals surface area contributed by atoms with Crippen LogP contribution in [0.15, 0.2) is 12.3 Å². The number of carbonyl (C=O) groups excluding carboxylic acids is 1. The first kappa shape index (κ1) is 9.06. The SMILES string of the molecule is O=C(CF)c1ccnc(Cl)c1F. The Morgan fingerprint density at radius 3 is 2.92 bits per heavy atom. The molecule has 0 fully saturated rings. The summed E-state index contributed by atoms with van der Waals surface area (Å²) in [6.07, 6.45) is 1.15. The molecule has 0 saturated carbocycles. The standard InChI is InChI=1S/C7H4ClF2NO/c8-7-6(10)4(1-2-11-7)5(12)3-9/h1-2H,3H2. The largest absolute Gasteiger partial charge is 0.291 e. The second-order valence-electron chi connectivity index (χ2n) is 2.02. The molecule has 0 N–H and O–H groups in total. The minimum absolute atomic E-state index is 0.363. The first-order chi connectivity index (χ1) is 5.66. The highest BCUT2D eigenvalue weighted by molar-refractivity contribution is 6.29. The second-order valence-corrected chi connectivity index (χ2v) is 2.38. The van der Waals surface area contributed by atoms with Gasteiger partial charge in [-0.05, 0) is 6.07 Å². The average Bonchev–Trinajstić information content (AvgIpc) is 2.08. The molecule has 64 valence electrons. The van der Waals surface area contributed by atoms with E-state index >= 15 is 0 Å². The molecule has 0 unspecified atom stereocenters. The zero-order chi connectivity index (χ0) is 9.14. The van der Waals surface area contributed by atoms with E-state index in [4.69, 9.17) is 11.6 Å². The maximum Gasteiger partial charge on any atom is 0.196 e. The average molecular weight is 192 g/mol. The van der Waals surface area contributed by atoms with Gasteiger partial charge in [0.2, 0.25) is 0 Å². The second kappa shape index (κ2) is 3.58. The van der Waals surface area contributed by atoms with Crippen molar-refractivity contribution in [1.82, 2.24) is 4.98 Å². The third-order valence-electron chi connectivity index (χ3n) is 1.27. The molecule has 1 aromatic rings. The molecule has 1 aromatic heterocycles. The first-order valence-corrected chi connectivity index (χ1v) is 3.43. The number of carbonyl (C=O) groups is 1. The van der Waals surface area contributed by atoms with Crippen LogP contribution in [0.3, 0.4) is 0 Å². The third kappa shape index (κ3) is 1.58. The van der Waals surface area contributed by atoms with Gasteiger partial charge in [-0.1, -0.05) is 11.6 Å². The molecule has 0 aliphatic rings. The number of halogens is 3. The molecule has 0 aliphatic heterocycles. The van der Waals surface area contributed by atoms with Crippen LogP contribution in [-0.2, 0) is 0 Å². The molecule has 0 radical (unpaired) electrons. The van der Waals surface area contributed by atoms with E-state index < -0.39 is 23.4 Å². The number of nitrogens with zero attached hydrogens (tertiary/aromatic N) is 1. The Balaban J connectivity index is 3.16. The zero-order valence-electron chi connectivity index (χ0n) is 5.85. The molecule has 1 rings (SSSR count). The first-order valence-electron chi connectivity index (χ1n) is 3.06. The van der Waals surface area contributed by atoms with E-state index in [0.29, 0.717) is 0 Å². The molecule has 0 spiro atoms. The molecular weight excluding hydrogens is 188 g/mol. The van der Waals surface area contributed by atoms with E-state index in [9.17, 15) is 13.6 Å². The highest BCUT2D eigenvalue weighted by Crippen LogP contribution is 2.15. The number of ketones is 1. The van der Waals surface area contributed by atoms with E-state index in [1.807, 2.05) is 0 Å². The van der Waals surface area contributed by atoms with Crippen molar-refractivity contribution in [2.75, 3.05) is 6.67 Å². The smallest absolute Gasteiger partial charge is 0.196 e. The normalized spacial score (nSPS) is 9.92. The number of rotatable bonds is 2. The van der Waals surface area contributed by atoms with Gasteiger partial charge in [-0.15, -0.1) is 0 Å². The summed E-state index contributed by atoms with van der Waals surface area (Å²) in [5, 5.41) is -0.422. The van der Waals surface area contributed by atoms with Crippen molar-refractivity contribution < 1.29 is 13.6 Å². The molecule has 0 atom stereocenters. The van der Waals surface area contributed by atoms with Crippen molar-refractivity contribution in [3.8, 4) is 0 Å². The number of aromatic nitrogens is 1. The summed E-state index contributed by atoms with van der Waals surface area (Å²) in [7, 11) is 0. The molecule has 5 heteroatoms. The minimum atomic E-state index is -1.24. The van der Waals surface area contributed by atoms with Crippen molar-refractivity contribution in [2.24, 2.45) is 0 Å². The van der Waals surface area contributed by atoms with E-state index in [2.05, 4.69) is 4.98 Å². The summed E-state index contributed by atoms with van der Waals surface area (Å²) in [6.45, 7) is -1.24. The van der Waals surface area contributed by atoms with Gasteiger partial charge in [-0.25, -0.2) is 13.8 Å². The molecule has 0 bridgehead atoms. The lowest BCUT2D eigenvalue weighted by Crippen LogP contribution is -2.05. The molecule has 0 amide bonds. The maximum absolute atomic E-state index is 12.9. The van der Waals surface area contributed by atoms with Gasteiger partial charge in [0.15, 0.2) is 23.4 Å². The van der Waals surface area contributed by atoms with Gasteiger partial charge in [-0.3, -0.25) is 4.79 Å². The van der Waals surface area contributed by atoms with Crippen LogP contribution < -0.4 is 0 Å². The van der Waals surface area contributed by atoms with Gasteiger partial charge in [-0.2, -0.15) is 0 Å². The van der Waals surface area contributed by atoms with Crippen LogP contribution in [0.1, 0.15) is 10.4 Å². The highest BCUT2D eigenvalue weighted by Gasteiger charge is 2.13. The van der Waals surface area contributed by atoms with Crippen molar-refractivity contribution in [3.63, 3.8) is 0 Å². The Morgan fingerprint density at radius 1 is 1.67 bits per heavy atom. The van der Waals surface area contributed by atoms with E-state index in [1.54, 1.807) is 0 Å². The third-order valence-corrected chi connectivity index (χ3v) is 1.53. The lowest BCUT2D eigenvalue weighted by Gasteiger charge is -1.98. The number of hydrogen-bond donors (Lipinski definition) is 0. The summed E-state index contributed by atoms with van der Waals surface area (Å²) < 4.78 is 24.7. The predicted molar refractivity (Wildman–Crippen MR) is 39.5 cm³/mol. The van der Waals surface area contributed by atoms with Crippen molar-refractivity contribution in [1.29, 1.82) is 0 Å². The van der Waals surface area contributed by atoms with Gasteiger partial charge >= 0.3 is 0 Å². The number of pyridine rings is 1. The Labute approximate surface area is 72.2 Å². The van der Waals surface area contributed by atoms with Crippen molar-refractivity contribution in [2.45, 2.75) is 0 Å². The Hall–Kier alpha value is -1.03. The fraction of sp³-hybridized carbons (Fsp3) is 0.143. The van der Waals surface area contributed by atoms with Crippen LogP contribution in [0.4, 0.5) is 8.78 Å². The highest BCUT2D eigenvalue weighted by atomic mass is 35.5. The Morgan fingerprint density at radius 2 is 2.33 bits per heavy atom. The van der Waals surface area contributed by atoms with Crippen LogP contribution in [0.25, 0.3) is 0 Å². The van der Waals surface area contributed by atoms with Crippen LogP contribution >= 0.6 is 11.6 Å². The summed E-state index contributed by atoms with van der Waals surface area (Å²) in [5.74, 6) is -1.90. The minimum Gasteiger partial charge on any atom is -0.291 e. The number of Topliss-reactive ketones (excluding diaryl/α,β-unsaturated/α-hetero) is 1. The van der Waals surface area contributed by atoms with Crippen LogP contribution in [0.5, 0.6) is 0 Å². The van der Waals surface area contributed by atoms with Gasteiger partial charge in [0, 0.05) is 6.20 Å². The lowest BCUT2D eigenvalue weighted by atomic mass is 10.2. The van der Waals surface area contributed by atoms with Crippen molar-refractivity contribution in [3.05, 3.63) is 28.8 Å². The van der Waals surface area contributed by atoms with Crippen molar-refractivity contribution >= 4 is 17.4 Å². The molecule has 12 heavy (non-hydrogen) atoms. The van der Waals surface area contributed by atoms with Crippen LogP contribution in [0.2, 0.25) is 5.15 Å². The molecule has 0 aromatic carbocycles. The number of alkyl halides is 1. The zero-order valence-corrected chi connectivity index (χ0v) is 6.61. The van der Waals surface area contributed by atoms with Crippen LogP contribution in [-0.4, -0.2) is 17.4 Å². The van der Waals surface area contributed by atoms with Gasteiger partial charge in [0.1, 0.15) is 0 Å². The molecule has 1 heterocycles. The van der Waals surface area contributed by atoms with E-state index in [-0.39, 0.29) is 5.56 Å². The summed E-state index contributed by atoms with van der Waals surface area (Å²) in [6, 6.07) is 1.09. The van der Waals surface area contributed by atoms with Crippen LogP contribution in [0, 0.1) is 5.82 Å². The lowest BCUT2D eigenvalue weighted by molar-refractivity contribution is 0.0954. The predicted octanol–water partition coefficient (Wildman–Crippen LogP) is 2.03. The monoisotopic (exact) mass is 191 g/mol. The van der Waals surface area contributed by atoms with E-state index in [0.717, 1.165) is 12.3 Å². The molecule has 0 saturated heterocycles. The molecule has 0 aliphatic carbocycles. The molecular formula is C7H4ClF2NO. The fourth-order valence-electron chi connectivity index (χ4n) is 0.706. The van der Waals surface area contributed by atoms with Gasteiger partial charge < -0.3 is 0 Å². The van der Waals surface area contributed by atoms with E-state index in [1.165, 1.54) is 0 Å². The number of hydrogen-bond acceptors (Lipinski definition) is 2. The summed E-state index contributed by atoms with van der Waals surface area (Å²) >= 11 is 5.25. The van der Waals surface area contributed by atoms with Gasteiger partial charge in [0.25, 0.3) is 0 Å². The fourth-order valence-corrected chi connectivity index (χ4v) is 0.864. The Kier molecular flexibility index (Phi) is 2.70. The quantitative estimate of drug-likeness (QED) is 0.529. The Bertz CT molecular complexity index is 316. The molecule has 2 nitrogen and oxygen atoms in total. The summed E-state index contributed by atoms with van der Waals surface area (Å²) in [5.41, 5.74) is -0.363. The summed E-state index contributed by atoms with van der Waals surface area (Å²) in [4.78, 5) is 14.1. The van der Waals surface area contributed by atoms with Gasteiger partial charge in [0.05, 0.1) is 5.56 Å². The topological polar surface area (TPSA) is 30.0 Å². The maximum atomic E-state index is 12.9.